The van der Waals surface area contributed by atoms with Crippen molar-refractivity contribution in [3.05, 3.63) is 35.9 Å². The van der Waals surface area contributed by atoms with Crippen molar-refractivity contribution >= 4 is 23.7 Å². The highest BCUT2D eigenvalue weighted by atomic mass is 16.4. The number of nitrogens with zero attached hydrogens (tertiary/aromatic N) is 1. The number of nitrogens with two attached hydrogens (primary N) is 1. The van der Waals surface area contributed by atoms with Crippen LogP contribution in [0.2, 0.25) is 0 Å². The summed E-state index contributed by atoms with van der Waals surface area (Å²) in [5.41, 5.74) is 6.28. The van der Waals surface area contributed by atoms with Crippen LogP contribution in [0.4, 0.5) is 0 Å². The Kier molecular flexibility index (Phi) is 8.31. The molecule has 2 rings (SSSR count). The molecule has 30 heavy (non-hydrogen) atoms. The molecule has 0 saturated carbocycles. The number of nitrogens with one attached hydrogen (secondary N) is 2. The van der Waals surface area contributed by atoms with E-state index in [0.29, 0.717) is 19.4 Å². The predicted molar refractivity (Wildman–Crippen MR) is 107 cm³/mol. The lowest BCUT2D eigenvalue weighted by atomic mass is 10.1. The van der Waals surface area contributed by atoms with E-state index in [1.54, 1.807) is 24.3 Å². The number of carbonyl (C=O) groups excluding carboxylic acids is 3. The zero-order valence-corrected chi connectivity index (χ0v) is 16.8. The number of likely N-dealkylation sites (tertiary alicyclic amines) is 1. The summed E-state index contributed by atoms with van der Waals surface area (Å²) in [6.07, 6.45) is 0.0381. The van der Waals surface area contributed by atoms with Crippen LogP contribution in [-0.2, 0) is 25.6 Å². The third-order valence-electron chi connectivity index (χ3n) is 5.01. The fraction of sp³-hybridized carbons (Fsp3) is 0.500. The second-order valence-corrected chi connectivity index (χ2v) is 7.32. The smallest absolute Gasteiger partial charge is 0.326 e. The van der Waals surface area contributed by atoms with Crippen LogP contribution in [0.15, 0.2) is 30.3 Å². The Morgan fingerprint density at radius 1 is 1.23 bits per heavy atom. The summed E-state index contributed by atoms with van der Waals surface area (Å²) in [6, 6.07) is 5.83. The molecule has 0 radical (unpaired) electrons. The summed E-state index contributed by atoms with van der Waals surface area (Å²) in [7, 11) is 0. The third kappa shape index (κ3) is 6.26. The number of carboxylic acid groups (broad SMARTS) is 1. The molecule has 10 nitrogen and oxygen atoms in total. The number of aliphatic hydroxyl groups excluding tert-OH is 1. The molecule has 4 unspecified atom stereocenters. The van der Waals surface area contributed by atoms with E-state index in [1.165, 1.54) is 11.8 Å². The molecule has 1 aliphatic heterocycles. The van der Waals surface area contributed by atoms with Gasteiger partial charge in [0.25, 0.3) is 0 Å². The largest absolute Gasteiger partial charge is 0.480 e. The standard InChI is InChI=1S/C20H28N4O6/c1-12(25)17(21)19(28)22-11-16(26)24-9-5-8-15(24)18(27)23-14(20(29)30)10-13-6-3-2-4-7-13/h2-4,6-7,12,14-15,17,25H,5,8-11,21H2,1H3,(H,22,28)(H,23,27)(H,29,30). The van der Waals surface area contributed by atoms with Crippen molar-refractivity contribution in [3.8, 4) is 0 Å². The first-order chi connectivity index (χ1) is 14.2. The summed E-state index contributed by atoms with van der Waals surface area (Å²) in [6.45, 7) is 1.32. The lowest BCUT2D eigenvalue weighted by Gasteiger charge is -2.26. The van der Waals surface area contributed by atoms with Crippen molar-refractivity contribution in [2.75, 3.05) is 13.1 Å². The lowest BCUT2D eigenvalue weighted by molar-refractivity contribution is -0.144. The highest BCUT2D eigenvalue weighted by Gasteiger charge is 2.36. The van der Waals surface area contributed by atoms with Gasteiger partial charge >= 0.3 is 5.97 Å². The van der Waals surface area contributed by atoms with Crippen molar-refractivity contribution in [2.24, 2.45) is 5.73 Å². The van der Waals surface area contributed by atoms with E-state index in [9.17, 15) is 29.4 Å². The van der Waals surface area contributed by atoms with Gasteiger partial charge in [-0.25, -0.2) is 4.79 Å². The van der Waals surface area contributed by atoms with Crippen LogP contribution in [0.25, 0.3) is 0 Å². The molecule has 1 fully saturated rings. The molecule has 4 atom stereocenters. The van der Waals surface area contributed by atoms with E-state index >= 15 is 0 Å². The highest BCUT2D eigenvalue weighted by Crippen LogP contribution is 2.18. The molecule has 3 amide bonds. The van der Waals surface area contributed by atoms with E-state index in [2.05, 4.69) is 10.6 Å². The van der Waals surface area contributed by atoms with Gasteiger partial charge in [0.15, 0.2) is 0 Å². The second-order valence-electron chi connectivity index (χ2n) is 7.32. The predicted octanol–water partition coefficient (Wildman–Crippen LogP) is -1.39. The van der Waals surface area contributed by atoms with Gasteiger partial charge in [-0.2, -0.15) is 0 Å². The van der Waals surface area contributed by atoms with Crippen LogP contribution in [0, 0.1) is 0 Å². The van der Waals surface area contributed by atoms with Gasteiger partial charge in [-0.15, -0.1) is 0 Å². The summed E-state index contributed by atoms with van der Waals surface area (Å²) >= 11 is 0. The van der Waals surface area contributed by atoms with Gasteiger partial charge in [0.1, 0.15) is 18.1 Å². The maximum absolute atomic E-state index is 12.7. The maximum atomic E-state index is 12.7. The van der Waals surface area contributed by atoms with Gasteiger partial charge in [-0.05, 0) is 25.3 Å². The molecule has 10 heteroatoms. The molecule has 0 spiro atoms. The van der Waals surface area contributed by atoms with Crippen LogP contribution in [0.5, 0.6) is 0 Å². The lowest BCUT2D eigenvalue weighted by Crippen LogP contribution is -2.54. The average Bonchev–Trinajstić information content (AvgIpc) is 3.21. The molecule has 0 aromatic heterocycles. The summed E-state index contributed by atoms with van der Waals surface area (Å²) < 4.78 is 0. The van der Waals surface area contributed by atoms with Crippen LogP contribution >= 0.6 is 0 Å². The summed E-state index contributed by atoms with van der Waals surface area (Å²) in [5.74, 6) is -2.86. The average molecular weight is 420 g/mol. The number of amides is 3. The molecular weight excluding hydrogens is 392 g/mol. The Labute approximate surface area is 174 Å². The summed E-state index contributed by atoms with van der Waals surface area (Å²) in [5, 5.41) is 23.7. The number of carboxylic acids is 1. The molecule has 0 aliphatic carbocycles. The first-order valence-corrected chi connectivity index (χ1v) is 9.78. The van der Waals surface area contributed by atoms with Gasteiger partial charge in [0, 0.05) is 13.0 Å². The van der Waals surface area contributed by atoms with Crippen molar-refractivity contribution in [2.45, 2.75) is 50.4 Å². The first-order valence-electron chi connectivity index (χ1n) is 9.78. The molecule has 6 N–H and O–H groups in total. The van der Waals surface area contributed by atoms with Crippen LogP contribution in [0.1, 0.15) is 25.3 Å². The highest BCUT2D eigenvalue weighted by molar-refractivity contribution is 5.93. The topological polar surface area (TPSA) is 162 Å². The Hall–Kier alpha value is -2.98. The summed E-state index contributed by atoms with van der Waals surface area (Å²) in [4.78, 5) is 49.9. The van der Waals surface area contributed by atoms with E-state index in [4.69, 9.17) is 5.73 Å². The number of rotatable bonds is 9. The van der Waals surface area contributed by atoms with E-state index in [0.717, 1.165) is 5.56 Å². The monoisotopic (exact) mass is 420 g/mol. The maximum Gasteiger partial charge on any atom is 0.326 e. The number of aliphatic carboxylic acids is 1. The van der Waals surface area contributed by atoms with Crippen molar-refractivity contribution < 1.29 is 29.4 Å². The molecule has 1 heterocycles. The Bertz CT molecular complexity index is 770. The van der Waals surface area contributed by atoms with Gasteiger partial charge in [0.2, 0.25) is 17.7 Å². The quantitative estimate of drug-likeness (QED) is 0.329. The minimum Gasteiger partial charge on any atom is -0.480 e. The minimum atomic E-state index is -1.16. The second kappa shape index (κ2) is 10.7. The van der Waals surface area contributed by atoms with Crippen LogP contribution < -0.4 is 16.4 Å². The van der Waals surface area contributed by atoms with Crippen molar-refractivity contribution in [1.82, 2.24) is 15.5 Å². The SMILES string of the molecule is CC(O)C(N)C(=O)NCC(=O)N1CCCC1C(=O)NC(Cc1ccccc1)C(=O)O. The fourth-order valence-corrected chi connectivity index (χ4v) is 3.26. The van der Waals surface area contributed by atoms with Crippen LogP contribution in [0.3, 0.4) is 0 Å². The van der Waals surface area contributed by atoms with Crippen molar-refractivity contribution in [3.63, 3.8) is 0 Å². The molecule has 1 aromatic carbocycles. The Morgan fingerprint density at radius 2 is 1.90 bits per heavy atom. The minimum absolute atomic E-state index is 0.121. The normalized spacial score (nSPS) is 18.9. The Balaban J connectivity index is 1.95. The molecule has 1 saturated heterocycles. The number of hydrogen-bond acceptors (Lipinski definition) is 6. The van der Waals surface area contributed by atoms with E-state index in [-0.39, 0.29) is 13.0 Å². The number of hydrogen-bond donors (Lipinski definition) is 5. The molecule has 0 bridgehead atoms. The molecule has 164 valence electrons. The van der Waals surface area contributed by atoms with Gasteiger partial charge in [0.05, 0.1) is 12.6 Å². The van der Waals surface area contributed by atoms with Gasteiger partial charge in [-0.1, -0.05) is 30.3 Å². The zero-order valence-electron chi connectivity index (χ0n) is 16.8. The molecule has 1 aliphatic rings. The third-order valence-corrected chi connectivity index (χ3v) is 5.01. The van der Waals surface area contributed by atoms with E-state index in [1.807, 2.05) is 6.07 Å². The van der Waals surface area contributed by atoms with Gasteiger partial charge in [-0.3, -0.25) is 14.4 Å². The number of benzene rings is 1. The van der Waals surface area contributed by atoms with E-state index < -0.39 is 47.9 Å². The molecular formula is C20H28N4O6. The van der Waals surface area contributed by atoms with Crippen molar-refractivity contribution in [1.29, 1.82) is 0 Å². The number of aliphatic hydroxyl groups is 1. The van der Waals surface area contributed by atoms with Gasteiger partial charge < -0.3 is 31.5 Å². The number of carbonyl (C=O) groups is 4. The molecule has 1 aromatic rings. The van der Waals surface area contributed by atoms with Crippen LogP contribution in [-0.4, -0.2) is 76.1 Å². The zero-order chi connectivity index (χ0) is 22.3. The Morgan fingerprint density at radius 3 is 2.50 bits per heavy atom. The fourth-order valence-electron chi connectivity index (χ4n) is 3.26. The first kappa shape index (κ1) is 23.3.